The first-order chi connectivity index (χ1) is 5.79. The van der Waals surface area contributed by atoms with Gasteiger partial charge in [-0.2, -0.15) is 0 Å². The third-order valence-electron chi connectivity index (χ3n) is 1.66. The standard InChI is InChI=1S/C8H13N3O/c1-3-5-11-7(6-9-10-11)8(12)4-2/h6H,3-5H2,1-2H3. The van der Waals surface area contributed by atoms with Crippen molar-refractivity contribution in [2.24, 2.45) is 0 Å². The van der Waals surface area contributed by atoms with E-state index in [0.29, 0.717) is 12.1 Å². The summed E-state index contributed by atoms with van der Waals surface area (Å²) in [5, 5.41) is 7.52. The van der Waals surface area contributed by atoms with Crippen molar-refractivity contribution in [1.82, 2.24) is 15.0 Å². The largest absolute Gasteiger partial charge is 0.292 e. The molecule has 1 heterocycles. The van der Waals surface area contributed by atoms with Crippen molar-refractivity contribution in [2.75, 3.05) is 0 Å². The van der Waals surface area contributed by atoms with Crippen LogP contribution in [0.4, 0.5) is 0 Å². The van der Waals surface area contributed by atoms with Crippen LogP contribution in [0, 0.1) is 0 Å². The Morgan fingerprint density at radius 1 is 1.58 bits per heavy atom. The molecule has 0 radical (unpaired) electrons. The lowest BCUT2D eigenvalue weighted by molar-refractivity contribution is 0.0977. The van der Waals surface area contributed by atoms with Gasteiger partial charge in [0.05, 0.1) is 6.20 Å². The molecular weight excluding hydrogens is 154 g/mol. The molecular formula is C8H13N3O. The fraction of sp³-hybridized carbons (Fsp3) is 0.625. The summed E-state index contributed by atoms with van der Waals surface area (Å²) in [6.45, 7) is 4.65. The normalized spacial score (nSPS) is 10.2. The summed E-state index contributed by atoms with van der Waals surface area (Å²) in [5.41, 5.74) is 0.624. The minimum atomic E-state index is 0.105. The third kappa shape index (κ3) is 1.69. The van der Waals surface area contributed by atoms with Crippen LogP contribution >= 0.6 is 0 Å². The molecule has 1 aromatic rings. The molecule has 66 valence electrons. The van der Waals surface area contributed by atoms with E-state index in [9.17, 15) is 4.79 Å². The zero-order chi connectivity index (χ0) is 8.97. The van der Waals surface area contributed by atoms with Gasteiger partial charge in [0.1, 0.15) is 5.69 Å². The Kier molecular flexibility index (Phi) is 2.96. The van der Waals surface area contributed by atoms with E-state index in [0.717, 1.165) is 13.0 Å². The van der Waals surface area contributed by atoms with Crippen LogP contribution in [0.2, 0.25) is 0 Å². The number of ketones is 1. The maximum atomic E-state index is 11.3. The Labute approximate surface area is 71.6 Å². The number of nitrogens with zero attached hydrogens (tertiary/aromatic N) is 3. The fourth-order valence-electron chi connectivity index (χ4n) is 1.03. The van der Waals surface area contributed by atoms with Crippen molar-refractivity contribution in [2.45, 2.75) is 33.2 Å². The number of hydrogen-bond acceptors (Lipinski definition) is 3. The molecule has 4 nitrogen and oxygen atoms in total. The zero-order valence-electron chi connectivity index (χ0n) is 7.45. The van der Waals surface area contributed by atoms with Crippen molar-refractivity contribution in [3.63, 3.8) is 0 Å². The predicted octanol–water partition coefficient (Wildman–Crippen LogP) is 1.28. The van der Waals surface area contributed by atoms with E-state index in [1.54, 1.807) is 4.68 Å². The summed E-state index contributed by atoms with van der Waals surface area (Å²) in [6, 6.07) is 0. The Balaban J connectivity index is 2.83. The molecule has 0 aliphatic rings. The van der Waals surface area contributed by atoms with Crippen LogP contribution in [0.1, 0.15) is 37.2 Å². The van der Waals surface area contributed by atoms with Gasteiger partial charge in [0.2, 0.25) is 0 Å². The summed E-state index contributed by atoms with van der Waals surface area (Å²) >= 11 is 0. The molecule has 0 bridgehead atoms. The zero-order valence-corrected chi connectivity index (χ0v) is 7.45. The molecule has 1 aromatic heterocycles. The number of hydrogen-bond donors (Lipinski definition) is 0. The Bertz CT molecular complexity index is 267. The molecule has 0 aromatic carbocycles. The molecule has 0 spiro atoms. The molecule has 0 saturated carbocycles. The van der Waals surface area contributed by atoms with Gasteiger partial charge >= 0.3 is 0 Å². The minimum Gasteiger partial charge on any atom is -0.292 e. The molecule has 0 fully saturated rings. The summed E-state index contributed by atoms with van der Waals surface area (Å²) in [6.07, 6.45) is 3.01. The van der Waals surface area contributed by atoms with Crippen molar-refractivity contribution in [3.8, 4) is 0 Å². The summed E-state index contributed by atoms with van der Waals surface area (Å²) in [7, 11) is 0. The molecule has 0 amide bonds. The van der Waals surface area contributed by atoms with Gasteiger partial charge in [-0.25, -0.2) is 4.68 Å². The predicted molar refractivity (Wildman–Crippen MR) is 44.9 cm³/mol. The second-order valence-corrected chi connectivity index (χ2v) is 2.62. The molecule has 0 saturated heterocycles. The van der Waals surface area contributed by atoms with Crippen LogP contribution < -0.4 is 0 Å². The third-order valence-corrected chi connectivity index (χ3v) is 1.66. The van der Waals surface area contributed by atoms with Gasteiger partial charge in [-0.15, -0.1) is 5.10 Å². The molecule has 1 rings (SSSR count). The smallest absolute Gasteiger partial charge is 0.182 e. The Morgan fingerprint density at radius 2 is 2.33 bits per heavy atom. The molecule has 4 heteroatoms. The topological polar surface area (TPSA) is 47.8 Å². The fourth-order valence-corrected chi connectivity index (χ4v) is 1.03. The average molecular weight is 167 g/mol. The number of carbonyl (C=O) groups excluding carboxylic acids is 1. The number of Topliss-reactive ketones (excluding diaryl/α,β-unsaturated/α-hetero) is 1. The Morgan fingerprint density at radius 3 is 2.92 bits per heavy atom. The quantitative estimate of drug-likeness (QED) is 0.635. The van der Waals surface area contributed by atoms with Crippen molar-refractivity contribution < 1.29 is 4.79 Å². The highest BCUT2D eigenvalue weighted by Gasteiger charge is 2.09. The van der Waals surface area contributed by atoms with Gasteiger partial charge in [0.15, 0.2) is 5.78 Å². The van der Waals surface area contributed by atoms with Crippen molar-refractivity contribution in [1.29, 1.82) is 0 Å². The van der Waals surface area contributed by atoms with E-state index in [2.05, 4.69) is 10.3 Å². The lowest BCUT2D eigenvalue weighted by Crippen LogP contribution is -2.09. The maximum Gasteiger partial charge on any atom is 0.182 e. The molecule has 0 unspecified atom stereocenters. The van der Waals surface area contributed by atoms with Crippen molar-refractivity contribution >= 4 is 5.78 Å². The highest BCUT2D eigenvalue weighted by Crippen LogP contribution is 2.01. The van der Waals surface area contributed by atoms with Gasteiger partial charge in [0.25, 0.3) is 0 Å². The van der Waals surface area contributed by atoms with Crippen LogP contribution in [0.25, 0.3) is 0 Å². The first-order valence-corrected chi connectivity index (χ1v) is 4.21. The van der Waals surface area contributed by atoms with E-state index in [4.69, 9.17) is 0 Å². The number of carbonyl (C=O) groups is 1. The van der Waals surface area contributed by atoms with Crippen molar-refractivity contribution in [3.05, 3.63) is 11.9 Å². The summed E-state index contributed by atoms with van der Waals surface area (Å²) in [5.74, 6) is 0.105. The van der Waals surface area contributed by atoms with Gasteiger partial charge in [-0.1, -0.05) is 19.1 Å². The van der Waals surface area contributed by atoms with Gasteiger partial charge in [-0.05, 0) is 6.42 Å². The molecule has 0 aliphatic heterocycles. The van der Waals surface area contributed by atoms with E-state index in [1.807, 2.05) is 13.8 Å². The van der Waals surface area contributed by atoms with Crippen LogP contribution in [0.5, 0.6) is 0 Å². The molecule has 12 heavy (non-hydrogen) atoms. The summed E-state index contributed by atoms with van der Waals surface area (Å²) < 4.78 is 1.66. The maximum absolute atomic E-state index is 11.3. The lowest BCUT2D eigenvalue weighted by atomic mass is 10.2. The second-order valence-electron chi connectivity index (χ2n) is 2.62. The minimum absolute atomic E-state index is 0.105. The molecule has 0 N–H and O–H groups in total. The number of aromatic nitrogens is 3. The van der Waals surface area contributed by atoms with E-state index >= 15 is 0 Å². The number of rotatable bonds is 4. The number of aryl methyl sites for hydroxylation is 1. The van der Waals surface area contributed by atoms with Crippen LogP contribution in [-0.4, -0.2) is 20.8 Å². The van der Waals surface area contributed by atoms with E-state index in [1.165, 1.54) is 6.20 Å². The first-order valence-electron chi connectivity index (χ1n) is 4.21. The highest BCUT2D eigenvalue weighted by molar-refractivity contribution is 5.93. The second kappa shape index (κ2) is 3.99. The average Bonchev–Trinajstić information content (AvgIpc) is 2.52. The highest BCUT2D eigenvalue weighted by atomic mass is 16.1. The van der Waals surface area contributed by atoms with Crippen LogP contribution in [-0.2, 0) is 6.54 Å². The van der Waals surface area contributed by atoms with Gasteiger partial charge in [-0.3, -0.25) is 4.79 Å². The van der Waals surface area contributed by atoms with Gasteiger partial charge in [0, 0.05) is 13.0 Å². The van der Waals surface area contributed by atoms with Crippen LogP contribution in [0.3, 0.4) is 0 Å². The molecule has 0 atom stereocenters. The Hall–Kier alpha value is -1.19. The lowest BCUT2D eigenvalue weighted by Gasteiger charge is -2.00. The monoisotopic (exact) mass is 167 g/mol. The summed E-state index contributed by atoms with van der Waals surface area (Å²) in [4.78, 5) is 11.3. The van der Waals surface area contributed by atoms with Crippen LogP contribution in [0.15, 0.2) is 6.20 Å². The van der Waals surface area contributed by atoms with E-state index in [-0.39, 0.29) is 5.78 Å². The first kappa shape index (κ1) is 8.90. The SMILES string of the molecule is CCCn1nncc1C(=O)CC. The molecule has 0 aliphatic carbocycles. The van der Waals surface area contributed by atoms with Gasteiger partial charge < -0.3 is 0 Å². The van der Waals surface area contributed by atoms with E-state index < -0.39 is 0 Å².